The van der Waals surface area contributed by atoms with Gasteiger partial charge in [0.2, 0.25) is 0 Å². The van der Waals surface area contributed by atoms with Crippen LogP contribution in [0, 0.1) is 36.3 Å². The summed E-state index contributed by atoms with van der Waals surface area (Å²) in [5, 5.41) is 2.60. The third-order valence-electron chi connectivity index (χ3n) is 9.57. The van der Waals surface area contributed by atoms with Crippen molar-refractivity contribution in [1.29, 1.82) is 0 Å². The number of carbonyl (C=O) groups is 2. The number of aliphatic imine (C=N–C) groups is 2. The number of esters is 1. The van der Waals surface area contributed by atoms with Crippen LogP contribution in [0.1, 0.15) is 98.6 Å². The molecule has 0 unspecified atom stereocenters. The summed E-state index contributed by atoms with van der Waals surface area (Å²) in [7, 11) is 1.55. The van der Waals surface area contributed by atoms with E-state index in [2.05, 4.69) is 27.1 Å². The number of hydrogen-bond donors (Lipinski definition) is 1. The Morgan fingerprint density at radius 2 is 1.18 bits per heavy atom. The normalized spacial score (nSPS) is 14.9. The Labute approximate surface area is 328 Å². The van der Waals surface area contributed by atoms with Crippen molar-refractivity contribution in [2.24, 2.45) is 9.98 Å². The van der Waals surface area contributed by atoms with E-state index in [9.17, 15) is 18.4 Å². The van der Waals surface area contributed by atoms with E-state index < -0.39 is 18.1 Å². The van der Waals surface area contributed by atoms with Gasteiger partial charge in [-0.15, -0.1) is 12.8 Å². The Morgan fingerprint density at radius 3 is 1.61 bits per heavy atom. The van der Waals surface area contributed by atoms with Crippen LogP contribution in [0.25, 0.3) is 11.4 Å². The van der Waals surface area contributed by atoms with Gasteiger partial charge in [-0.05, 0) is 81.4 Å². The van der Waals surface area contributed by atoms with Crippen LogP contribution in [0.4, 0.5) is 8.78 Å². The monoisotopic (exact) mass is 759 g/mol. The smallest absolute Gasteiger partial charge is 0.358 e. The summed E-state index contributed by atoms with van der Waals surface area (Å²) < 4.78 is 38.0. The van der Waals surface area contributed by atoms with Crippen LogP contribution >= 0.6 is 0 Å². The van der Waals surface area contributed by atoms with Gasteiger partial charge in [0, 0.05) is 40.4 Å². The molecular weight excluding hydrogens is 725 g/mol. The van der Waals surface area contributed by atoms with E-state index in [0.717, 1.165) is 5.69 Å². The van der Waals surface area contributed by atoms with Gasteiger partial charge in [-0.25, -0.2) is 23.5 Å². The molecule has 8 rings (SSSR count). The number of imidazole rings is 2. The fourth-order valence-electron chi connectivity index (χ4n) is 6.98. The molecule has 0 saturated carbocycles. The zero-order chi connectivity index (χ0) is 40.4. The lowest BCUT2D eigenvalue weighted by atomic mass is 9.98. The summed E-state index contributed by atoms with van der Waals surface area (Å²) in [5.74, 6) is 3.66. The summed E-state index contributed by atoms with van der Waals surface area (Å²) in [6.07, 6.45) is 14.3. The molecule has 2 aromatic heterocycles. The van der Waals surface area contributed by atoms with Gasteiger partial charge in [-0.3, -0.25) is 23.9 Å². The number of rotatable bonds is 5. The second-order valence-electron chi connectivity index (χ2n) is 13.0. The van der Waals surface area contributed by atoms with Gasteiger partial charge < -0.3 is 10.1 Å². The quantitative estimate of drug-likeness (QED) is 0.146. The molecule has 0 bridgehead atoms. The molecule has 6 aromatic rings. The van der Waals surface area contributed by atoms with Gasteiger partial charge >= 0.3 is 5.97 Å². The first kappa shape index (κ1) is 37.9. The topological polar surface area (TPSA) is 116 Å². The number of benzene rings is 4. The highest BCUT2D eigenvalue weighted by atomic mass is 19.1. The molecule has 0 saturated heterocycles. The van der Waals surface area contributed by atoms with E-state index in [4.69, 9.17) is 27.6 Å². The summed E-state index contributed by atoms with van der Waals surface area (Å²) in [6, 6.07) is 22.9. The molecule has 1 N–H and O–H groups in total. The predicted molar refractivity (Wildman–Crippen MR) is 213 cm³/mol. The van der Waals surface area contributed by atoms with Gasteiger partial charge in [0.05, 0.1) is 52.9 Å². The highest BCUT2D eigenvalue weighted by molar-refractivity contribution is 6.16. The number of ether oxygens (including phenoxy) is 1. The van der Waals surface area contributed by atoms with E-state index >= 15 is 0 Å². The maximum absolute atomic E-state index is 14.7. The van der Waals surface area contributed by atoms with Crippen LogP contribution < -0.4 is 5.32 Å². The second-order valence-corrected chi connectivity index (χ2v) is 13.0. The van der Waals surface area contributed by atoms with Gasteiger partial charge in [0.15, 0.2) is 11.4 Å². The van der Waals surface area contributed by atoms with E-state index in [1.54, 1.807) is 85.8 Å². The number of hydrogen-bond acceptors (Lipinski definition) is 7. The number of terminal acetylenes is 2. The lowest BCUT2D eigenvalue weighted by molar-refractivity contribution is 0.0518. The summed E-state index contributed by atoms with van der Waals surface area (Å²) in [4.78, 5) is 42.8. The minimum atomic E-state index is -0.514. The zero-order valence-electron chi connectivity index (χ0n) is 31.4. The van der Waals surface area contributed by atoms with Crippen LogP contribution in [0.2, 0.25) is 0 Å². The molecule has 2 aliphatic rings. The van der Waals surface area contributed by atoms with Gasteiger partial charge in [-0.1, -0.05) is 36.1 Å². The molecule has 12 heteroatoms. The Morgan fingerprint density at radius 1 is 0.719 bits per heavy atom. The van der Waals surface area contributed by atoms with Crippen molar-refractivity contribution in [2.45, 2.75) is 32.9 Å². The molecule has 57 heavy (non-hydrogen) atoms. The Bertz CT molecular complexity index is 2730. The molecule has 2 atom stereocenters. The van der Waals surface area contributed by atoms with Crippen LogP contribution in [-0.4, -0.2) is 56.1 Å². The number of halogens is 2. The standard InChI is InChI=1S/C23H18FN3O2.C22H17FN4O/c1-4-15-10-11-19-17(12-15)20(16-8-6-7-9-18(16)24)26-14(3)22-21(23(28)29-5-2)25-13-27(19)22;1-4-14-9-10-18-16(11-14)19(15-7-5-6-8-17(15)23)26-13(2)21-20(22(28)24-3)25-12-27(18)21/h1,6-14H,5H2,2-3H3;1,5-13H,2-3H3,(H,24,28)/t14-;13-/m00/s1. The molecule has 0 aliphatic carbocycles. The van der Waals surface area contributed by atoms with Crippen molar-refractivity contribution in [3.8, 4) is 36.1 Å². The van der Waals surface area contributed by atoms with Crippen molar-refractivity contribution < 1.29 is 23.1 Å². The molecule has 10 nitrogen and oxygen atoms in total. The largest absolute Gasteiger partial charge is 0.461 e. The van der Waals surface area contributed by atoms with Crippen LogP contribution in [0.3, 0.4) is 0 Å². The molecule has 2 aliphatic heterocycles. The average Bonchev–Trinajstić information content (AvgIpc) is 3.83. The van der Waals surface area contributed by atoms with Gasteiger partial charge in [0.25, 0.3) is 5.91 Å². The third kappa shape index (κ3) is 6.90. The molecular formula is C45H35F2N7O3. The van der Waals surface area contributed by atoms with E-state index in [-0.39, 0.29) is 29.8 Å². The molecule has 1 amide bonds. The number of nitrogens with zero attached hydrogens (tertiary/aromatic N) is 6. The summed E-state index contributed by atoms with van der Waals surface area (Å²) >= 11 is 0. The first-order valence-electron chi connectivity index (χ1n) is 18.0. The fraction of sp³-hybridized carbons (Fsp3) is 0.156. The fourth-order valence-corrected chi connectivity index (χ4v) is 6.98. The maximum atomic E-state index is 14.7. The number of carbonyl (C=O) groups excluding carboxylic acids is 2. The molecule has 4 aromatic carbocycles. The molecule has 4 heterocycles. The number of nitrogens with one attached hydrogen (secondary N) is 1. The van der Waals surface area contributed by atoms with Crippen LogP contribution in [0.5, 0.6) is 0 Å². The Balaban J connectivity index is 0.000000174. The van der Waals surface area contributed by atoms with Crippen molar-refractivity contribution in [2.75, 3.05) is 13.7 Å². The van der Waals surface area contributed by atoms with Gasteiger partial charge in [-0.2, -0.15) is 0 Å². The van der Waals surface area contributed by atoms with E-state index in [1.807, 2.05) is 36.6 Å². The minimum absolute atomic E-state index is 0.199. The van der Waals surface area contributed by atoms with Crippen LogP contribution in [-0.2, 0) is 4.74 Å². The van der Waals surface area contributed by atoms with Gasteiger partial charge in [0.1, 0.15) is 24.3 Å². The molecule has 282 valence electrons. The summed E-state index contributed by atoms with van der Waals surface area (Å²) in [6.45, 7) is 5.67. The second kappa shape index (κ2) is 15.7. The van der Waals surface area contributed by atoms with Crippen molar-refractivity contribution in [1.82, 2.24) is 24.4 Å². The minimum Gasteiger partial charge on any atom is -0.461 e. The first-order chi connectivity index (χ1) is 27.6. The molecule has 0 radical (unpaired) electrons. The van der Waals surface area contributed by atoms with Crippen molar-refractivity contribution >= 4 is 23.3 Å². The Kier molecular flexibility index (Phi) is 10.4. The predicted octanol–water partition coefficient (Wildman–Crippen LogP) is 7.35. The Hall–Kier alpha value is -7.44. The lowest BCUT2D eigenvalue weighted by Crippen LogP contribution is -2.20. The summed E-state index contributed by atoms with van der Waals surface area (Å²) in [5.41, 5.74) is 7.55. The SMILES string of the molecule is C#Cc1ccc2c(c1)C(c1ccccc1F)=N[C@@H](C)c1c(C(=O)NC)ncn1-2.C#Cc1ccc2c(c1)C(c1ccccc1F)=N[C@@H](C)c1c(C(=O)OCC)ncn1-2. The van der Waals surface area contributed by atoms with Crippen LogP contribution in [0.15, 0.2) is 108 Å². The number of fused-ring (bicyclic) bond motifs is 6. The highest BCUT2D eigenvalue weighted by Crippen LogP contribution is 2.35. The van der Waals surface area contributed by atoms with Crippen molar-refractivity contribution in [3.63, 3.8) is 0 Å². The average molecular weight is 760 g/mol. The van der Waals surface area contributed by atoms with E-state index in [1.165, 1.54) is 12.1 Å². The number of aromatic nitrogens is 4. The third-order valence-corrected chi connectivity index (χ3v) is 9.57. The molecule has 0 fully saturated rings. The lowest BCUT2D eigenvalue weighted by Gasteiger charge is -2.13. The zero-order valence-corrected chi connectivity index (χ0v) is 31.4. The first-order valence-corrected chi connectivity index (χ1v) is 18.0. The molecule has 0 spiro atoms. The highest BCUT2D eigenvalue weighted by Gasteiger charge is 2.31. The maximum Gasteiger partial charge on any atom is 0.358 e. The number of amides is 1. The van der Waals surface area contributed by atoms with Crippen molar-refractivity contribution in [3.05, 3.63) is 165 Å². The van der Waals surface area contributed by atoms with E-state index in [0.29, 0.717) is 67.6 Å².